The number of carbonyl (C=O) groups excluding carboxylic acids is 1. The first kappa shape index (κ1) is 25.2. The Bertz CT molecular complexity index is 828. The lowest BCUT2D eigenvalue weighted by Crippen LogP contribution is -2.53. The summed E-state index contributed by atoms with van der Waals surface area (Å²) in [6, 6.07) is 12.0. The van der Waals surface area contributed by atoms with E-state index in [4.69, 9.17) is 4.42 Å². The number of amides is 1. The van der Waals surface area contributed by atoms with E-state index in [1.54, 1.807) is 12.1 Å². The molecule has 2 heterocycles. The standard InChI is InChI=1S/C23H33N5O2.HI/c1-4-26(5-2)18-20-10-7-6-9-19(20)17-25-23(24-3)28-14-12-27(13-15-28)22(29)21-11-8-16-30-21;/h6-11,16H,4-5,12-15,17-18H2,1-3H3,(H,24,25);1H. The van der Waals surface area contributed by atoms with Crippen molar-refractivity contribution in [2.45, 2.75) is 26.9 Å². The molecule has 1 aromatic carbocycles. The number of guanidine groups is 1. The summed E-state index contributed by atoms with van der Waals surface area (Å²) in [6.07, 6.45) is 1.54. The van der Waals surface area contributed by atoms with Crippen LogP contribution in [0.3, 0.4) is 0 Å². The van der Waals surface area contributed by atoms with E-state index in [0.717, 1.165) is 45.2 Å². The molecule has 3 rings (SSSR count). The van der Waals surface area contributed by atoms with E-state index in [1.165, 1.54) is 17.4 Å². The fourth-order valence-corrected chi connectivity index (χ4v) is 3.76. The summed E-state index contributed by atoms with van der Waals surface area (Å²) < 4.78 is 5.24. The van der Waals surface area contributed by atoms with Crippen LogP contribution in [0, 0.1) is 0 Å². The maximum Gasteiger partial charge on any atom is 0.289 e. The number of hydrogen-bond acceptors (Lipinski definition) is 4. The van der Waals surface area contributed by atoms with Gasteiger partial charge in [-0.15, -0.1) is 24.0 Å². The van der Waals surface area contributed by atoms with Crippen LogP contribution >= 0.6 is 24.0 Å². The molecule has 0 unspecified atom stereocenters. The highest BCUT2D eigenvalue weighted by molar-refractivity contribution is 14.0. The van der Waals surface area contributed by atoms with Crippen molar-refractivity contribution in [3.8, 4) is 0 Å². The molecule has 2 aromatic rings. The van der Waals surface area contributed by atoms with Gasteiger partial charge < -0.3 is 19.5 Å². The van der Waals surface area contributed by atoms with Crippen LogP contribution in [0.15, 0.2) is 52.1 Å². The summed E-state index contributed by atoms with van der Waals surface area (Å²) in [7, 11) is 1.81. The van der Waals surface area contributed by atoms with Crippen molar-refractivity contribution in [1.82, 2.24) is 20.0 Å². The number of piperazine rings is 1. The zero-order chi connectivity index (χ0) is 21.3. The first-order valence-electron chi connectivity index (χ1n) is 10.7. The number of furan rings is 1. The van der Waals surface area contributed by atoms with Gasteiger partial charge in [0.1, 0.15) is 0 Å². The summed E-state index contributed by atoms with van der Waals surface area (Å²) in [5.41, 5.74) is 2.63. The van der Waals surface area contributed by atoms with Crippen LogP contribution in [0.1, 0.15) is 35.5 Å². The third-order valence-corrected chi connectivity index (χ3v) is 5.65. The summed E-state index contributed by atoms with van der Waals surface area (Å²) in [5, 5.41) is 3.51. The topological polar surface area (TPSA) is 64.3 Å². The Hall–Kier alpha value is -2.07. The molecule has 0 bridgehead atoms. The number of nitrogens with one attached hydrogen (secondary N) is 1. The minimum atomic E-state index is -0.0482. The van der Waals surface area contributed by atoms with E-state index in [0.29, 0.717) is 18.8 Å². The van der Waals surface area contributed by atoms with Crippen LogP contribution in [0.25, 0.3) is 0 Å². The third kappa shape index (κ3) is 6.70. The molecule has 8 heteroatoms. The van der Waals surface area contributed by atoms with Crippen LogP contribution in [-0.4, -0.2) is 72.9 Å². The van der Waals surface area contributed by atoms with Gasteiger partial charge in [-0.25, -0.2) is 0 Å². The summed E-state index contributed by atoms with van der Waals surface area (Å²) in [4.78, 5) is 23.4. The number of halogens is 1. The summed E-state index contributed by atoms with van der Waals surface area (Å²) in [6.45, 7) is 11.0. The second-order valence-electron chi connectivity index (χ2n) is 7.39. The SMILES string of the molecule is CCN(CC)Cc1ccccc1CNC(=NC)N1CCN(C(=O)c2ccco2)CC1.I. The first-order chi connectivity index (χ1) is 14.7. The zero-order valence-electron chi connectivity index (χ0n) is 18.7. The Morgan fingerprint density at radius 3 is 2.26 bits per heavy atom. The van der Waals surface area contributed by atoms with Crippen molar-refractivity contribution in [1.29, 1.82) is 0 Å². The van der Waals surface area contributed by atoms with E-state index < -0.39 is 0 Å². The van der Waals surface area contributed by atoms with E-state index in [9.17, 15) is 4.79 Å². The molecular formula is C23H34IN5O2. The van der Waals surface area contributed by atoms with Crippen LogP contribution in [0.5, 0.6) is 0 Å². The predicted octanol–water partition coefficient (Wildman–Crippen LogP) is 3.27. The Morgan fingerprint density at radius 1 is 1.03 bits per heavy atom. The van der Waals surface area contributed by atoms with Crippen molar-refractivity contribution in [3.05, 3.63) is 59.5 Å². The highest BCUT2D eigenvalue weighted by atomic mass is 127. The van der Waals surface area contributed by atoms with Gasteiger partial charge in [0.25, 0.3) is 5.91 Å². The van der Waals surface area contributed by atoms with E-state index in [-0.39, 0.29) is 29.9 Å². The fourth-order valence-electron chi connectivity index (χ4n) is 3.76. The molecule has 0 radical (unpaired) electrons. The lowest BCUT2D eigenvalue weighted by molar-refractivity contribution is 0.0657. The van der Waals surface area contributed by atoms with Gasteiger partial charge in [-0.05, 0) is 36.3 Å². The molecule has 1 aliphatic heterocycles. The number of hydrogen-bond donors (Lipinski definition) is 1. The molecule has 170 valence electrons. The predicted molar refractivity (Wildman–Crippen MR) is 135 cm³/mol. The molecule has 1 N–H and O–H groups in total. The molecule has 1 amide bonds. The minimum absolute atomic E-state index is 0. The summed E-state index contributed by atoms with van der Waals surface area (Å²) >= 11 is 0. The lowest BCUT2D eigenvalue weighted by Gasteiger charge is -2.36. The Morgan fingerprint density at radius 2 is 1.68 bits per heavy atom. The van der Waals surface area contributed by atoms with Crippen LogP contribution < -0.4 is 5.32 Å². The average Bonchev–Trinajstić information content (AvgIpc) is 3.33. The van der Waals surface area contributed by atoms with Crippen LogP contribution in [0.4, 0.5) is 0 Å². The highest BCUT2D eigenvalue weighted by Gasteiger charge is 2.25. The molecular weight excluding hydrogens is 505 g/mol. The molecule has 0 spiro atoms. The van der Waals surface area contributed by atoms with Gasteiger partial charge in [0.2, 0.25) is 0 Å². The molecule has 31 heavy (non-hydrogen) atoms. The number of aliphatic imine (C=N–C) groups is 1. The largest absolute Gasteiger partial charge is 0.459 e. The van der Waals surface area contributed by atoms with Crippen molar-refractivity contribution >= 4 is 35.8 Å². The monoisotopic (exact) mass is 539 g/mol. The molecule has 0 atom stereocenters. The van der Waals surface area contributed by atoms with Gasteiger partial charge in [0.15, 0.2) is 11.7 Å². The summed E-state index contributed by atoms with van der Waals surface area (Å²) in [5.74, 6) is 1.22. The third-order valence-electron chi connectivity index (χ3n) is 5.65. The van der Waals surface area contributed by atoms with E-state index in [2.05, 4.69) is 58.2 Å². The molecule has 1 fully saturated rings. The quantitative estimate of drug-likeness (QED) is 0.333. The van der Waals surface area contributed by atoms with Gasteiger partial charge in [0.05, 0.1) is 6.26 Å². The fraction of sp³-hybridized carbons (Fsp3) is 0.478. The Labute approximate surface area is 202 Å². The molecule has 0 saturated carbocycles. The number of rotatable bonds is 7. The van der Waals surface area contributed by atoms with Crippen LogP contribution in [0.2, 0.25) is 0 Å². The van der Waals surface area contributed by atoms with Crippen molar-refractivity contribution in [2.24, 2.45) is 4.99 Å². The second kappa shape index (κ2) is 12.7. The second-order valence-corrected chi connectivity index (χ2v) is 7.39. The molecule has 1 saturated heterocycles. The number of nitrogens with zero attached hydrogens (tertiary/aromatic N) is 4. The molecule has 1 aromatic heterocycles. The van der Waals surface area contributed by atoms with Gasteiger partial charge >= 0.3 is 0 Å². The first-order valence-corrected chi connectivity index (χ1v) is 10.7. The normalized spacial score (nSPS) is 14.5. The number of benzene rings is 1. The lowest BCUT2D eigenvalue weighted by atomic mass is 10.1. The molecule has 0 aliphatic carbocycles. The Balaban J connectivity index is 0.00000341. The Kier molecular flexibility index (Phi) is 10.3. The number of carbonyl (C=O) groups is 1. The van der Waals surface area contributed by atoms with Crippen molar-refractivity contribution in [2.75, 3.05) is 46.3 Å². The maximum atomic E-state index is 12.5. The molecule has 1 aliphatic rings. The van der Waals surface area contributed by atoms with E-state index in [1.807, 2.05) is 11.9 Å². The molecule has 7 nitrogen and oxygen atoms in total. The van der Waals surface area contributed by atoms with Crippen LogP contribution in [-0.2, 0) is 13.1 Å². The van der Waals surface area contributed by atoms with Crippen molar-refractivity contribution < 1.29 is 9.21 Å². The maximum absolute atomic E-state index is 12.5. The van der Waals surface area contributed by atoms with Gasteiger partial charge in [-0.1, -0.05) is 38.1 Å². The smallest absolute Gasteiger partial charge is 0.289 e. The average molecular weight is 539 g/mol. The van der Waals surface area contributed by atoms with E-state index >= 15 is 0 Å². The van der Waals surface area contributed by atoms with Gasteiger partial charge in [-0.3, -0.25) is 14.7 Å². The zero-order valence-corrected chi connectivity index (χ0v) is 21.0. The highest BCUT2D eigenvalue weighted by Crippen LogP contribution is 2.13. The van der Waals surface area contributed by atoms with Crippen molar-refractivity contribution in [3.63, 3.8) is 0 Å². The van der Waals surface area contributed by atoms with Gasteiger partial charge in [0, 0.05) is 46.3 Å². The minimum Gasteiger partial charge on any atom is -0.459 e. The van der Waals surface area contributed by atoms with Gasteiger partial charge in [-0.2, -0.15) is 0 Å².